The minimum absolute atomic E-state index is 0. The molecule has 1 saturated heterocycles. The first-order valence-electron chi connectivity index (χ1n) is 4.72. The van der Waals surface area contributed by atoms with Crippen molar-refractivity contribution in [1.29, 1.82) is 0 Å². The Kier molecular flexibility index (Phi) is 5.78. The zero-order valence-electron chi connectivity index (χ0n) is 9.30. The van der Waals surface area contributed by atoms with Crippen molar-refractivity contribution in [2.75, 3.05) is 30.8 Å². The summed E-state index contributed by atoms with van der Waals surface area (Å²) in [5.74, 6) is 1.29. The quantitative estimate of drug-likeness (QED) is 0.821. The summed E-state index contributed by atoms with van der Waals surface area (Å²) >= 11 is 0. The van der Waals surface area contributed by atoms with E-state index in [9.17, 15) is 0 Å². The molecule has 1 aromatic heterocycles. The summed E-state index contributed by atoms with van der Waals surface area (Å²) in [7, 11) is 1.97. The smallest absolute Gasteiger partial charge is 0.222 e. The van der Waals surface area contributed by atoms with Gasteiger partial charge in [0.1, 0.15) is 5.82 Å². The Hall–Kier alpha value is -0.780. The van der Waals surface area contributed by atoms with Gasteiger partial charge in [-0.2, -0.15) is 4.98 Å². The highest BCUT2D eigenvalue weighted by Gasteiger charge is 2.26. The van der Waals surface area contributed by atoms with Gasteiger partial charge in [-0.25, -0.2) is 4.98 Å². The van der Waals surface area contributed by atoms with E-state index in [2.05, 4.69) is 20.2 Å². The molecule has 16 heavy (non-hydrogen) atoms. The molecule has 0 radical (unpaired) electrons. The molecule has 1 fully saturated rings. The molecule has 92 valence electrons. The van der Waals surface area contributed by atoms with Crippen LogP contribution in [0.2, 0.25) is 0 Å². The molecule has 0 bridgehead atoms. The molecular weight excluding hydrogens is 249 g/mol. The summed E-state index contributed by atoms with van der Waals surface area (Å²) in [6, 6.07) is 2.54. The molecule has 7 heteroatoms. The Morgan fingerprint density at radius 1 is 1.38 bits per heavy atom. The lowest BCUT2D eigenvalue weighted by Gasteiger charge is -2.39. The van der Waals surface area contributed by atoms with Gasteiger partial charge in [0.05, 0.1) is 0 Å². The predicted molar refractivity (Wildman–Crippen MR) is 70.7 cm³/mol. The summed E-state index contributed by atoms with van der Waals surface area (Å²) in [6.07, 6.45) is 0. The molecular formula is C9H17Cl2N5. The van der Waals surface area contributed by atoms with E-state index in [1.807, 2.05) is 20.0 Å². The van der Waals surface area contributed by atoms with Crippen molar-refractivity contribution in [2.45, 2.75) is 13.0 Å². The number of nitrogen functional groups attached to an aromatic ring is 1. The zero-order valence-corrected chi connectivity index (χ0v) is 10.9. The lowest BCUT2D eigenvalue weighted by molar-refractivity contribution is 0.447. The number of nitrogens with two attached hydrogens (primary N) is 1. The number of hydrogen-bond donors (Lipinski definition) is 2. The first-order valence-corrected chi connectivity index (χ1v) is 4.72. The van der Waals surface area contributed by atoms with Gasteiger partial charge in [-0.3, -0.25) is 0 Å². The Morgan fingerprint density at radius 3 is 2.50 bits per heavy atom. The molecule has 0 unspecified atom stereocenters. The van der Waals surface area contributed by atoms with E-state index in [0.29, 0.717) is 12.0 Å². The Morgan fingerprint density at radius 2 is 2.00 bits per heavy atom. The van der Waals surface area contributed by atoms with Crippen LogP contribution in [0.5, 0.6) is 0 Å². The van der Waals surface area contributed by atoms with Crippen LogP contribution in [-0.2, 0) is 0 Å². The monoisotopic (exact) mass is 265 g/mol. The minimum Gasteiger partial charge on any atom is -0.368 e. The van der Waals surface area contributed by atoms with Gasteiger partial charge in [0.2, 0.25) is 5.95 Å². The third-order valence-corrected chi connectivity index (χ3v) is 2.47. The van der Waals surface area contributed by atoms with Crippen LogP contribution < -0.4 is 16.0 Å². The highest BCUT2D eigenvalue weighted by atomic mass is 35.5. The lowest BCUT2D eigenvalue weighted by atomic mass is 10.1. The molecule has 3 N–H and O–H groups in total. The number of aromatic nitrogens is 2. The summed E-state index contributed by atoms with van der Waals surface area (Å²) < 4.78 is 0. The molecule has 2 rings (SSSR count). The first kappa shape index (κ1) is 15.2. The molecule has 1 aliphatic heterocycles. The van der Waals surface area contributed by atoms with Crippen LogP contribution in [0.25, 0.3) is 0 Å². The number of rotatable bonds is 2. The minimum atomic E-state index is 0. The second-order valence-electron chi connectivity index (χ2n) is 3.62. The molecule has 1 aromatic rings. The zero-order chi connectivity index (χ0) is 10.1. The second kappa shape index (κ2) is 6.08. The largest absolute Gasteiger partial charge is 0.368 e. The van der Waals surface area contributed by atoms with E-state index in [1.54, 1.807) is 0 Å². The van der Waals surface area contributed by atoms with Crippen molar-refractivity contribution in [3.63, 3.8) is 0 Å². The standard InChI is InChI=1S/C9H15N5.2ClH/c1-6-3-8(13-9(10)12-6)14-4-7(5-14)11-2;;/h3,7,11H,4-5H2,1-2H3,(H2,10,12,13);2*1H. The normalized spacial score (nSPS) is 14.8. The molecule has 0 saturated carbocycles. The molecule has 2 heterocycles. The van der Waals surface area contributed by atoms with Crippen molar-refractivity contribution >= 4 is 36.6 Å². The van der Waals surface area contributed by atoms with E-state index in [-0.39, 0.29) is 24.8 Å². The number of halogens is 2. The average molecular weight is 266 g/mol. The highest BCUT2D eigenvalue weighted by molar-refractivity contribution is 5.85. The Balaban J connectivity index is 0.00000112. The number of anilines is 2. The van der Waals surface area contributed by atoms with E-state index in [1.165, 1.54) is 0 Å². The van der Waals surface area contributed by atoms with E-state index >= 15 is 0 Å². The van der Waals surface area contributed by atoms with Crippen LogP contribution in [0.1, 0.15) is 5.69 Å². The molecule has 1 aliphatic rings. The molecule has 0 amide bonds. The number of nitrogens with one attached hydrogen (secondary N) is 1. The van der Waals surface area contributed by atoms with Gasteiger partial charge in [0.15, 0.2) is 0 Å². The number of aryl methyl sites for hydroxylation is 1. The predicted octanol–water partition coefficient (Wildman–Crippen LogP) is 0.619. The number of nitrogens with zero attached hydrogens (tertiary/aromatic N) is 3. The van der Waals surface area contributed by atoms with Gasteiger partial charge in [-0.05, 0) is 14.0 Å². The van der Waals surface area contributed by atoms with Crippen LogP contribution in [0.4, 0.5) is 11.8 Å². The molecule has 0 spiro atoms. The Labute approximate surface area is 108 Å². The second-order valence-corrected chi connectivity index (χ2v) is 3.62. The molecule has 0 atom stereocenters. The van der Waals surface area contributed by atoms with Crippen molar-refractivity contribution in [2.24, 2.45) is 0 Å². The van der Waals surface area contributed by atoms with Crippen molar-refractivity contribution < 1.29 is 0 Å². The van der Waals surface area contributed by atoms with Gasteiger partial charge in [-0.1, -0.05) is 0 Å². The van der Waals surface area contributed by atoms with Gasteiger partial charge in [0, 0.05) is 30.9 Å². The fourth-order valence-electron chi connectivity index (χ4n) is 1.58. The van der Waals surface area contributed by atoms with Crippen LogP contribution in [0, 0.1) is 6.92 Å². The van der Waals surface area contributed by atoms with Crippen molar-refractivity contribution in [3.05, 3.63) is 11.8 Å². The maximum atomic E-state index is 5.58. The van der Waals surface area contributed by atoms with Gasteiger partial charge in [-0.15, -0.1) is 24.8 Å². The van der Waals surface area contributed by atoms with Crippen LogP contribution in [0.15, 0.2) is 6.07 Å². The maximum Gasteiger partial charge on any atom is 0.222 e. The number of hydrogen-bond acceptors (Lipinski definition) is 5. The first-order chi connectivity index (χ1) is 6.69. The summed E-state index contributed by atoms with van der Waals surface area (Å²) in [6.45, 7) is 3.91. The van der Waals surface area contributed by atoms with Gasteiger partial charge >= 0.3 is 0 Å². The van der Waals surface area contributed by atoms with Gasteiger partial charge < -0.3 is 16.0 Å². The molecule has 0 aliphatic carbocycles. The SMILES string of the molecule is CNC1CN(c2cc(C)nc(N)n2)C1.Cl.Cl. The Bertz CT molecular complexity index is 320. The van der Waals surface area contributed by atoms with E-state index in [4.69, 9.17) is 5.73 Å². The van der Waals surface area contributed by atoms with E-state index < -0.39 is 0 Å². The fourth-order valence-corrected chi connectivity index (χ4v) is 1.58. The van der Waals surface area contributed by atoms with Gasteiger partial charge in [0.25, 0.3) is 0 Å². The molecule has 0 aromatic carbocycles. The van der Waals surface area contributed by atoms with Crippen LogP contribution >= 0.6 is 24.8 Å². The fraction of sp³-hybridized carbons (Fsp3) is 0.556. The number of likely N-dealkylation sites (N-methyl/N-ethyl adjacent to an activating group) is 1. The van der Waals surface area contributed by atoms with Crippen molar-refractivity contribution in [3.8, 4) is 0 Å². The summed E-state index contributed by atoms with van der Waals surface area (Å²) in [4.78, 5) is 10.4. The summed E-state index contributed by atoms with van der Waals surface area (Å²) in [5.41, 5.74) is 6.50. The maximum absolute atomic E-state index is 5.58. The highest BCUT2D eigenvalue weighted by Crippen LogP contribution is 2.19. The van der Waals surface area contributed by atoms with Crippen molar-refractivity contribution in [1.82, 2.24) is 15.3 Å². The lowest BCUT2D eigenvalue weighted by Crippen LogP contribution is -2.57. The third-order valence-electron chi connectivity index (χ3n) is 2.47. The average Bonchev–Trinajstić information content (AvgIpc) is 2.00. The third kappa shape index (κ3) is 3.10. The molecule has 5 nitrogen and oxygen atoms in total. The topological polar surface area (TPSA) is 67.1 Å². The van der Waals surface area contributed by atoms with E-state index in [0.717, 1.165) is 24.6 Å². The summed E-state index contributed by atoms with van der Waals surface area (Å²) in [5, 5.41) is 3.21. The van der Waals surface area contributed by atoms with Crippen LogP contribution in [-0.4, -0.2) is 36.1 Å². The van der Waals surface area contributed by atoms with Crippen LogP contribution in [0.3, 0.4) is 0 Å².